The maximum absolute atomic E-state index is 12.0. The molecule has 1 aliphatic rings. The minimum Gasteiger partial charge on any atom is -0.484 e. The summed E-state index contributed by atoms with van der Waals surface area (Å²) in [5, 5.41) is 3.02. The molecule has 0 aromatic heterocycles. The van der Waals surface area contributed by atoms with Gasteiger partial charge in [-0.3, -0.25) is 4.79 Å². The number of hydrogen-bond donors (Lipinski definition) is 1. The van der Waals surface area contributed by atoms with Gasteiger partial charge in [0, 0.05) is 6.04 Å². The summed E-state index contributed by atoms with van der Waals surface area (Å²) in [6.45, 7) is 5.85. The van der Waals surface area contributed by atoms with E-state index in [4.69, 9.17) is 9.47 Å². The van der Waals surface area contributed by atoms with Crippen LogP contribution >= 0.6 is 0 Å². The van der Waals surface area contributed by atoms with Gasteiger partial charge in [0.05, 0.1) is 11.7 Å². The zero-order chi connectivity index (χ0) is 17.5. The van der Waals surface area contributed by atoms with E-state index in [-0.39, 0.29) is 30.6 Å². The SMILES string of the molecule is CC1CCC(NC(=O)COc2ccc(C(=O)OC(C)C)cc2)CC1. The molecule has 0 bridgehead atoms. The molecule has 1 aromatic carbocycles. The van der Waals surface area contributed by atoms with Crippen LogP contribution in [0.2, 0.25) is 0 Å². The van der Waals surface area contributed by atoms with Crippen LogP contribution in [0.1, 0.15) is 56.8 Å². The topological polar surface area (TPSA) is 64.6 Å². The molecule has 0 radical (unpaired) electrons. The van der Waals surface area contributed by atoms with Crippen molar-refractivity contribution in [1.82, 2.24) is 5.32 Å². The molecule has 2 rings (SSSR count). The van der Waals surface area contributed by atoms with Gasteiger partial charge in [-0.15, -0.1) is 0 Å². The van der Waals surface area contributed by atoms with Crippen LogP contribution in [0.5, 0.6) is 5.75 Å². The average molecular weight is 333 g/mol. The Morgan fingerprint density at radius 1 is 1.12 bits per heavy atom. The van der Waals surface area contributed by atoms with Gasteiger partial charge >= 0.3 is 5.97 Å². The Bertz CT molecular complexity index is 545. The first-order valence-corrected chi connectivity index (χ1v) is 8.67. The molecular formula is C19H27NO4. The van der Waals surface area contributed by atoms with Crippen molar-refractivity contribution < 1.29 is 19.1 Å². The number of carbonyl (C=O) groups excluding carboxylic acids is 2. The minimum atomic E-state index is -0.360. The van der Waals surface area contributed by atoms with Crippen molar-refractivity contribution in [3.8, 4) is 5.75 Å². The molecule has 24 heavy (non-hydrogen) atoms. The Kier molecular flexibility index (Phi) is 6.64. The van der Waals surface area contributed by atoms with Crippen LogP contribution in [0.3, 0.4) is 0 Å². The molecule has 5 heteroatoms. The van der Waals surface area contributed by atoms with Crippen LogP contribution in [0.4, 0.5) is 0 Å². The maximum atomic E-state index is 12.0. The van der Waals surface area contributed by atoms with Crippen LogP contribution in [0.25, 0.3) is 0 Å². The van der Waals surface area contributed by atoms with E-state index in [2.05, 4.69) is 12.2 Å². The van der Waals surface area contributed by atoms with Crippen molar-refractivity contribution in [2.24, 2.45) is 5.92 Å². The van der Waals surface area contributed by atoms with Gasteiger partial charge in [0.15, 0.2) is 6.61 Å². The van der Waals surface area contributed by atoms with E-state index in [1.165, 1.54) is 12.8 Å². The number of hydrogen-bond acceptors (Lipinski definition) is 4. The predicted molar refractivity (Wildman–Crippen MR) is 92.1 cm³/mol. The molecule has 0 unspecified atom stereocenters. The van der Waals surface area contributed by atoms with Crippen LogP contribution in [0, 0.1) is 5.92 Å². The highest BCUT2D eigenvalue weighted by Crippen LogP contribution is 2.23. The van der Waals surface area contributed by atoms with E-state index in [0.29, 0.717) is 11.3 Å². The summed E-state index contributed by atoms with van der Waals surface area (Å²) in [5.74, 6) is 0.859. The molecule has 132 valence electrons. The lowest BCUT2D eigenvalue weighted by Gasteiger charge is -2.26. The number of benzene rings is 1. The van der Waals surface area contributed by atoms with Crippen molar-refractivity contribution in [3.05, 3.63) is 29.8 Å². The number of rotatable bonds is 6. The Morgan fingerprint density at radius 3 is 2.33 bits per heavy atom. The van der Waals surface area contributed by atoms with Crippen molar-refractivity contribution in [2.45, 2.75) is 58.6 Å². The Morgan fingerprint density at radius 2 is 1.75 bits per heavy atom. The number of ether oxygens (including phenoxy) is 2. The van der Waals surface area contributed by atoms with E-state index in [1.807, 2.05) is 0 Å². The fourth-order valence-corrected chi connectivity index (χ4v) is 2.79. The Balaban J connectivity index is 1.75. The highest BCUT2D eigenvalue weighted by atomic mass is 16.5. The molecule has 1 N–H and O–H groups in total. The van der Waals surface area contributed by atoms with Crippen LogP contribution in [0.15, 0.2) is 24.3 Å². The number of amides is 1. The van der Waals surface area contributed by atoms with Gasteiger partial charge in [-0.25, -0.2) is 4.79 Å². The summed E-state index contributed by atoms with van der Waals surface area (Å²) in [4.78, 5) is 23.7. The lowest BCUT2D eigenvalue weighted by Crippen LogP contribution is -2.39. The first-order chi connectivity index (χ1) is 11.4. The van der Waals surface area contributed by atoms with Gasteiger partial charge in [0.25, 0.3) is 5.91 Å². The van der Waals surface area contributed by atoms with Gasteiger partial charge < -0.3 is 14.8 Å². The fourth-order valence-electron chi connectivity index (χ4n) is 2.79. The van der Waals surface area contributed by atoms with E-state index in [9.17, 15) is 9.59 Å². The highest BCUT2D eigenvalue weighted by molar-refractivity contribution is 5.89. The first kappa shape index (κ1) is 18.3. The largest absolute Gasteiger partial charge is 0.484 e. The van der Waals surface area contributed by atoms with E-state index in [0.717, 1.165) is 18.8 Å². The zero-order valence-corrected chi connectivity index (χ0v) is 14.7. The Hall–Kier alpha value is -2.04. The van der Waals surface area contributed by atoms with Crippen molar-refractivity contribution >= 4 is 11.9 Å². The van der Waals surface area contributed by atoms with Gasteiger partial charge in [0.2, 0.25) is 0 Å². The lowest BCUT2D eigenvalue weighted by molar-refractivity contribution is -0.124. The van der Waals surface area contributed by atoms with Crippen molar-refractivity contribution in [1.29, 1.82) is 0 Å². The van der Waals surface area contributed by atoms with Crippen molar-refractivity contribution in [2.75, 3.05) is 6.61 Å². The summed E-state index contributed by atoms with van der Waals surface area (Å²) in [7, 11) is 0. The Labute approximate surface area is 143 Å². The highest BCUT2D eigenvalue weighted by Gasteiger charge is 2.19. The summed E-state index contributed by atoms with van der Waals surface area (Å²) in [6, 6.07) is 6.89. The van der Waals surface area contributed by atoms with E-state index in [1.54, 1.807) is 38.1 Å². The molecule has 0 aliphatic heterocycles. The summed E-state index contributed by atoms with van der Waals surface area (Å²) in [5.41, 5.74) is 0.469. The molecule has 0 saturated heterocycles. The molecule has 0 heterocycles. The molecule has 0 atom stereocenters. The smallest absolute Gasteiger partial charge is 0.338 e. The summed E-state index contributed by atoms with van der Waals surface area (Å²) < 4.78 is 10.6. The molecule has 5 nitrogen and oxygen atoms in total. The van der Waals surface area contributed by atoms with Gasteiger partial charge in [-0.05, 0) is 69.7 Å². The molecular weight excluding hydrogens is 306 g/mol. The second-order valence-electron chi connectivity index (χ2n) is 6.79. The second-order valence-corrected chi connectivity index (χ2v) is 6.79. The fraction of sp³-hybridized carbons (Fsp3) is 0.579. The van der Waals surface area contributed by atoms with Gasteiger partial charge in [-0.2, -0.15) is 0 Å². The first-order valence-electron chi connectivity index (χ1n) is 8.67. The minimum absolute atomic E-state index is 0.0121. The third kappa shape index (κ3) is 5.87. The monoisotopic (exact) mass is 333 g/mol. The van der Waals surface area contributed by atoms with Crippen LogP contribution in [-0.2, 0) is 9.53 Å². The quantitative estimate of drug-likeness (QED) is 0.811. The second kappa shape index (κ2) is 8.71. The maximum Gasteiger partial charge on any atom is 0.338 e. The molecule has 1 amide bonds. The summed E-state index contributed by atoms with van der Waals surface area (Å²) in [6.07, 6.45) is 4.26. The molecule has 0 spiro atoms. The molecule has 1 fully saturated rings. The van der Waals surface area contributed by atoms with Crippen LogP contribution in [-0.4, -0.2) is 30.6 Å². The van der Waals surface area contributed by atoms with E-state index >= 15 is 0 Å². The summed E-state index contributed by atoms with van der Waals surface area (Å²) >= 11 is 0. The average Bonchev–Trinajstić information content (AvgIpc) is 2.55. The zero-order valence-electron chi connectivity index (χ0n) is 14.7. The van der Waals surface area contributed by atoms with Gasteiger partial charge in [0.1, 0.15) is 5.75 Å². The molecule has 1 aliphatic carbocycles. The van der Waals surface area contributed by atoms with Crippen LogP contribution < -0.4 is 10.1 Å². The molecule has 1 saturated carbocycles. The van der Waals surface area contributed by atoms with Gasteiger partial charge in [-0.1, -0.05) is 6.92 Å². The third-order valence-electron chi connectivity index (χ3n) is 4.18. The van der Waals surface area contributed by atoms with E-state index < -0.39 is 0 Å². The number of nitrogens with one attached hydrogen (secondary N) is 1. The van der Waals surface area contributed by atoms with Crippen molar-refractivity contribution in [3.63, 3.8) is 0 Å². The predicted octanol–water partition coefficient (Wildman–Crippen LogP) is 3.33. The normalized spacial score (nSPS) is 20.5. The molecule has 1 aromatic rings. The lowest BCUT2D eigenvalue weighted by atomic mass is 9.87. The third-order valence-corrected chi connectivity index (χ3v) is 4.18. The standard InChI is InChI=1S/C19H27NO4/c1-13(2)24-19(22)15-6-10-17(11-7-15)23-12-18(21)20-16-8-4-14(3)5-9-16/h6-7,10-11,13-14,16H,4-5,8-9,12H2,1-3H3,(H,20,21). The number of carbonyl (C=O) groups is 2. The number of esters is 1.